The molecular formula is C19H18N2O4S2. The number of nitrogens with zero attached hydrogens (tertiary/aromatic N) is 1. The number of anilines is 1. The van der Waals surface area contributed by atoms with Gasteiger partial charge in [-0.25, -0.2) is 4.98 Å². The zero-order valence-electron chi connectivity index (χ0n) is 15.1. The number of ketones is 1. The highest BCUT2D eigenvalue weighted by atomic mass is 32.2. The van der Waals surface area contributed by atoms with Gasteiger partial charge in [0.15, 0.2) is 28.2 Å². The van der Waals surface area contributed by atoms with Crippen LogP contribution in [0, 0.1) is 0 Å². The Kier molecular flexibility index (Phi) is 5.98. The van der Waals surface area contributed by atoms with Gasteiger partial charge in [-0.3, -0.25) is 9.59 Å². The summed E-state index contributed by atoms with van der Waals surface area (Å²) < 4.78 is 12.8. The van der Waals surface area contributed by atoms with E-state index in [0.29, 0.717) is 22.7 Å². The largest absolute Gasteiger partial charge is 0.493 e. The summed E-state index contributed by atoms with van der Waals surface area (Å²) in [4.78, 5) is 28.1. The van der Waals surface area contributed by atoms with Gasteiger partial charge in [0.1, 0.15) is 0 Å². The number of carbonyl (C=O) groups is 2. The summed E-state index contributed by atoms with van der Waals surface area (Å²) in [6.07, 6.45) is 1.98. The quantitative estimate of drug-likeness (QED) is 0.470. The summed E-state index contributed by atoms with van der Waals surface area (Å²) in [7, 11) is 1.49. The van der Waals surface area contributed by atoms with E-state index in [4.69, 9.17) is 9.47 Å². The van der Waals surface area contributed by atoms with E-state index < -0.39 is 0 Å². The second-order valence-electron chi connectivity index (χ2n) is 5.63. The lowest BCUT2D eigenvalue weighted by atomic mass is 10.1. The molecule has 0 atom stereocenters. The van der Waals surface area contributed by atoms with E-state index in [0.717, 1.165) is 14.6 Å². The molecule has 0 aliphatic rings. The maximum atomic E-state index is 12.2. The number of aromatic nitrogens is 1. The Bertz CT molecular complexity index is 1000. The Morgan fingerprint density at radius 2 is 2.00 bits per heavy atom. The first-order chi connectivity index (χ1) is 13.0. The molecule has 0 saturated heterocycles. The monoisotopic (exact) mass is 402 g/mol. The second-order valence-corrected chi connectivity index (χ2v) is 7.71. The fraction of sp³-hybridized carbons (Fsp3) is 0.211. The van der Waals surface area contributed by atoms with Crippen molar-refractivity contribution in [3.05, 3.63) is 42.0 Å². The van der Waals surface area contributed by atoms with Crippen LogP contribution in [0.4, 0.5) is 5.69 Å². The van der Waals surface area contributed by atoms with Gasteiger partial charge in [0.05, 0.1) is 17.3 Å². The third-order valence-electron chi connectivity index (χ3n) is 3.76. The fourth-order valence-corrected chi connectivity index (χ4v) is 3.94. The molecule has 6 nitrogen and oxygen atoms in total. The number of methoxy groups -OCH3 is 1. The van der Waals surface area contributed by atoms with Crippen LogP contribution in [0.25, 0.3) is 10.2 Å². The molecule has 8 heteroatoms. The van der Waals surface area contributed by atoms with Crippen molar-refractivity contribution >= 4 is 50.7 Å². The standard InChI is InChI=1S/C19H18N2O4S2/c1-11(22)12-4-7-15(16(8-12)24-2)25-10-18(23)20-13-5-6-14-17(9-13)27-19(21-14)26-3/h4-9H,10H2,1-3H3,(H,20,23). The highest BCUT2D eigenvalue weighted by Crippen LogP contribution is 2.30. The number of benzene rings is 2. The van der Waals surface area contributed by atoms with E-state index in [-0.39, 0.29) is 18.3 Å². The van der Waals surface area contributed by atoms with Crippen LogP contribution >= 0.6 is 23.1 Å². The number of rotatable bonds is 7. The van der Waals surface area contributed by atoms with Gasteiger partial charge in [-0.1, -0.05) is 11.8 Å². The lowest BCUT2D eigenvalue weighted by Crippen LogP contribution is -2.20. The van der Waals surface area contributed by atoms with Gasteiger partial charge in [0.25, 0.3) is 5.91 Å². The van der Waals surface area contributed by atoms with Crippen molar-refractivity contribution in [3.8, 4) is 11.5 Å². The van der Waals surface area contributed by atoms with Crippen molar-refractivity contribution in [2.75, 3.05) is 25.3 Å². The van der Waals surface area contributed by atoms with Crippen molar-refractivity contribution in [2.24, 2.45) is 0 Å². The number of thiazole rings is 1. The first-order valence-corrected chi connectivity index (χ1v) is 10.1. The lowest BCUT2D eigenvalue weighted by molar-refractivity contribution is -0.118. The molecule has 1 heterocycles. The minimum absolute atomic E-state index is 0.0688. The molecule has 0 spiro atoms. The zero-order valence-corrected chi connectivity index (χ0v) is 16.7. The van der Waals surface area contributed by atoms with Crippen LogP contribution in [0.2, 0.25) is 0 Å². The van der Waals surface area contributed by atoms with E-state index in [1.807, 2.05) is 24.5 Å². The smallest absolute Gasteiger partial charge is 0.262 e. The van der Waals surface area contributed by atoms with E-state index in [2.05, 4.69) is 10.3 Å². The molecule has 0 aliphatic carbocycles. The molecule has 0 radical (unpaired) electrons. The maximum Gasteiger partial charge on any atom is 0.262 e. The second kappa shape index (κ2) is 8.41. The number of amides is 1. The Morgan fingerprint density at radius 1 is 1.19 bits per heavy atom. The number of hydrogen-bond acceptors (Lipinski definition) is 7. The molecule has 0 fully saturated rings. The number of fused-ring (bicyclic) bond motifs is 1. The number of carbonyl (C=O) groups excluding carboxylic acids is 2. The molecule has 3 rings (SSSR count). The SMILES string of the molecule is COc1cc(C(C)=O)ccc1OCC(=O)Nc1ccc2nc(SC)sc2c1. The van der Waals surface area contributed by atoms with Crippen LogP contribution in [-0.2, 0) is 4.79 Å². The molecule has 1 N–H and O–H groups in total. The van der Waals surface area contributed by atoms with Crippen molar-refractivity contribution < 1.29 is 19.1 Å². The predicted octanol–water partition coefficient (Wildman–Crippen LogP) is 4.25. The fourth-order valence-electron chi connectivity index (χ4n) is 2.41. The van der Waals surface area contributed by atoms with Crippen molar-refractivity contribution in [3.63, 3.8) is 0 Å². The first kappa shape index (κ1) is 19.2. The van der Waals surface area contributed by atoms with Crippen LogP contribution in [0.5, 0.6) is 11.5 Å². The van der Waals surface area contributed by atoms with Crippen LogP contribution in [0.15, 0.2) is 40.7 Å². The molecular weight excluding hydrogens is 384 g/mol. The Morgan fingerprint density at radius 3 is 2.70 bits per heavy atom. The lowest BCUT2D eigenvalue weighted by Gasteiger charge is -2.11. The molecule has 2 aromatic carbocycles. The van der Waals surface area contributed by atoms with Crippen molar-refractivity contribution in [1.82, 2.24) is 4.98 Å². The Balaban J connectivity index is 1.65. The Labute approximate surface area is 164 Å². The highest BCUT2D eigenvalue weighted by Gasteiger charge is 2.11. The number of ether oxygens (including phenoxy) is 2. The third kappa shape index (κ3) is 4.58. The number of thioether (sulfide) groups is 1. The summed E-state index contributed by atoms with van der Waals surface area (Å²) >= 11 is 3.18. The highest BCUT2D eigenvalue weighted by molar-refractivity contribution is 8.00. The summed E-state index contributed by atoms with van der Waals surface area (Å²) in [5.41, 5.74) is 2.12. The summed E-state index contributed by atoms with van der Waals surface area (Å²) in [5.74, 6) is 0.452. The minimum atomic E-state index is -0.290. The number of nitrogens with one attached hydrogen (secondary N) is 1. The van der Waals surface area contributed by atoms with E-state index >= 15 is 0 Å². The molecule has 0 bridgehead atoms. The average molecular weight is 402 g/mol. The molecule has 3 aromatic rings. The summed E-state index contributed by atoms with van der Waals surface area (Å²) in [6, 6.07) is 10.4. The van der Waals surface area contributed by atoms with Gasteiger partial charge in [-0.05, 0) is 49.6 Å². The van der Waals surface area contributed by atoms with Crippen LogP contribution in [0.1, 0.15) is 17.3 Å². The summed E-state index contributed by atoms with van der Waals surface area (Å²) in [6.45, 7) is 1.30. The normalized spacial score (nSPS) is 10.6. The van der Waals surface area contributed by atoms with E-state index in [1.165, 1.54) is 14.0 Å². The average Bonchev–Trinajstić information content (AvgIpc) is 3.08. The van der Waals surface area contributed by atoms with Gasteiger partial charge in [0, 0.05) is 11.3 Å². The van der Waals surface area contributed by atoms with Gasteiger partial charge >= 0.3 is 0 Å². The van der Waals surface area contributed by atoms with Crippen LogP contribution < -0.4 is 14.8 Å². The van der Waals surface area contributed by atoms with Gasteiger partial charge in [-0.2, -0.15) is 0 Å². The molecule has 140 valence electrons. The number of hydrogen-bond donors (Lipinski definition) is 1. The number of Topliss-reactive ketones (excluding diaryl/α,β-unsaturated/α-hetero) is 1. The molecule has 0 saturated carbocycles. The minimum Gasteiger partial charge on any atom is -0.493 e. The maximum absolute atomic E-state index is 12.2. The van der Waals surface area contributed by atoms with Gasteiger partial charge in [-0.15, -0.1) is 11.3 Å². The topological polar surface area (TPSA) is 77.5 Å². The van der Waals surface area contributed by atoms with Crippen molar-refractivity contribution in [2.45, 2.75) is 11.3 Å². The van der Waals surface area contributed by atoms with Gasteiger partial charge in [0.2, 0.25) is 0 Å². The molecule has 1 amide bonds. The van der Waals surface area contributed by atoms with E-state index in [1.54, 1.807) is 41.3 Å². The van der Waals surface area contributed by atoms with Crippen LogP contribution in [-0.4, -0.2) is 36.6 Å². The predicted molar refractivity (Wildman–Crippen MR) is 109 cm³/mol. The summed E-state index contributed by atoms with van der Waals surface area (Å²) in [5, 5.41) is 2.81. The molecule has 27 heavy (non-hydrogen) atoms. The molecule has 0 aliphatic heterocycles. The zero-order chi connectivity index (χ0) is 19.4. The molecule has 0 unspecified atom stereocenters. The van der Waals surface area contributed by atoms with Crippen molar-refractivity contribution in [1.29, 1.82) is 0 Å². The first-order valence-electron chi connectivity index (χ1n) is 8.06. The third-order valence-corrected chi connectivity index (χ3v) is 5.76. The Hall–Kier alpha value is -2.58. The molecule has 1 aromatic heterocycles. The van der Waals surface area contributed by atoms with Gasteiger partial charge < -0.3 is 14.8 Å². The van der Waals surface area contributed by atoms with Crippen LogP contribution in [0.3, 0.4) is 0 Å². The van der Waals surface area contributed by atoms with E-state index in [9.17, 15) is 9.59 Å².